The molecule has 0 bridgehead atoms. The monoisotopic (exact) mass is 251 g/mol. The van der Waals surface area contributed by atoms with Gasteiger partial charge in [0.25, 0.3) is 0 Å². The van der Waals surface area contributed by atoms with Crippen molar-refractivity contribution in [3.63, 3.8) is 0 Å². The highest BCUT2D eigenvalue weighted by Crippen LogP contribution is 2.07. The smallest absolute Gasteiger partial charge is 0.222 e. The van der Waals surface area contributed by atoms with Crippen molar-refractivity contribution in [3.05, 3.63) is 23.3 Å². The molecule has 0 N–H and O–H groups in total. The van der Waals surface area contributed by atoms with Crippen molar-refractivity contribution in [1.82, 2.24) is 4.90 Å². The van der Waals surface area contributed by atoms with E-state index in [2.05, 4.69) is 32.9 Å². The fourth-order valence-corrected chi connectivity index (χ4v) is 1.74. The molecule has 1 amide bonds. The van der Waals surface area contributed by atoms with E-state index in [4.69, 9.17) is 0 Å². The van der Waals surface area contributed by atoms with Crippen molar-refractivity contribution < 1.29 is 4.79 Å². The predicted octanol–water partition coefficient (Wildman–Crippen LogP) is 4.33. The topological polar surface area (TPSA) is 20.3 Å². The standard InChI is InChI=1S/C16H29NO/c1-6-9-16(18)17(7-2)13-12-15(5)11-8-10-14(3)4/h10,12H,6-9,11,13H2,1-5H3/b15-12+. The predicted molar refractivity (Wildman–Crippen MR) is 79.6 cm³/mol. The van der Waals surface area contributed by atoms with Crippen LogP contribution >= 0.6 is 0 Å². The fraction of sp³-hybridized carbons (Fsp3) is 0.688. The molecule has 0 rings (SSSR count). The van der Waals surface area contributed by atoms with Gasteiger partial charge in [0.05, 0.1) is 0 Å². The van der Waals surface area contributed by atoms with Crippen LogP contribution in [0, 0.1) is 0 Å². The Balaban J connectivity index is 4.15. The Bertz CT molecular complexity index is 298. The van der Waals surface area contributed by atoms with Gasteiger partial charge < -0.3 is 4.90 Å². The Hall–Kier alpha value is -1.05. The lowest BCUT2D eigenvalue weighted by molar-refractivity contribution is -0.130. The summed E-state index contributed by atoms with van der Waals surface area (Å²) >= 11 is 0. The summed E-state index contributed by atoms with van der Waals surface area (Å²) in [5.74, 6) is 0.272. The molecular formula is C16H29NO. The average molecular weight is 251 g/mol. The molecule has 0 fully saturated rings. The minimum atomic E-state index is 0.272. The van der Waals surface area contributed by atoms with Crippen LogP contribution in [-0.4, -0.2) is 23.9 Å². The number of likely N-dealkylation sites (N-methyl/N-ethyl adjacent to an activating group) is 1. The number of carbonyl (C=O) groups is 1. The fourth-order valence-electron chi connectivity index (χ4n) is 1.74. The van der Waals surface area contributed by atoms with Gasteiger partial charge in [-0.15, -0.1) is 0 Å². The van der Waals surface area contributed by atoms with Gasteiger partial charge in [-0.3, -0.25) is 4.79 Å². The summed E-state index contributed by atoms with van der Waals surface area (Å²) in [6.07, 6.45) is 8.23. The second-order valence-electron chi connectivity index (χ2n) is 5.05. The molecule has 0 saturated carbocycles. The van der Waals surface area contributed by atoms with Crippen LogP contribution in [-0.2, 0) is 4.79 Å². The third-order valence-corrected chi connectivity index (χ3v) is 2.95. The van der Waals surface area contributed by atoms with Gasteiger partial charge in [0.1, 0.15) is 0 Å². The van der Waals surface area contributed by atoms with E-state index in [-0.39, 0.29) is 5.91 Å². The average Bonchev–Trinajstić information content (AvgIpc) is 2.29. The summed E-state index contributed by atoms with van der Waals surface area (Å²) in [7, 11) is 0. The summed E-state index contributed by atoms with van der Waals surface area (Å²) < 4.78 is 0. The Morgan fingerprint density at radius 1 is 1.06 bits per heavy atom. The number of rotatable bonds is 8. The number of nitrogens with zero attached hydrogens (tertiary/aromatic N) is 1. The maximum Gasteiger partial charge on any atom is 0.222 e. The lowest BCUT2D eigenvalue weighted by Gasteiger charge is -2.19. The molecule has 0 heterocycles. The third kappa shape index (κ3) is 8.10. The molecule has 2 nitrogen and oxygen atoms in total. The Morgan fingerprint density at radius 3 is 2.22 bits per heavy atom. The number of carbonyl (C=O) groups excluding carboxylic acids is 1. The molecule has 0 aromatic carbocycles. The maximum atomic E-state index is 11.8. The summed E-state index contributed by atoms with van der Waals surface area (Å²) in [4.78, 5) is 13.7. The van der Waals surface area contributed by atoms with E-state index in [1.807, 2.05) is 18.7 Å². The van der Waals surface area contributed by atoms with E-state index in [1.165, 1.54) is 11.1 Å². The zero-order valence-corrected chi connectivity index (χ0v) is 12.8. The van der Waals surface area contributed by atoms with Gasteiger partial charge in [0, 0.05) is 19.5 Å². The summed E-state index contributed by atoms with van der Waals surface area (Å²) in [5.41, 5.74) is 2.74. The molecule has 0 aromatic rings. The Labute approximate surface area is 113 Å². The third-order valence-electron chi connectivity index (χ3n) is 2.95. The Morgan fingerprint density at radius 2 is 1.72 bits per heavy atom. The summed E-state index contributed by atoms with van der Waals surface area (Å²) in [5, 5.41) is 0. The molecule has 0 spiro atoms. The highest BCUT2D eigenvalue weighted by molar-refractivity contribution is 5.76. The first-order valence-corrected chi connectivity index (χ1v) is 7.08. The first-order valence-electron chi connectivity index (χ1n) is 7.08. The first kappa shape index (κ1) is 16.9. The molecule has 0 aliphatic rings. The second kappa shape index (κ2) is 9.93. The minimum Gasteiger partial charge on any atom is -0.339 e. The SMILES string of the molecule is CCCC(=O)N(CC)C/C=C(\C)CCC=C(C)C. The van der Waals surface area contributed by atoms with Crippen LogP contribution in [0.5, 0.6) is 0 Å². The molecule has 0 radical (unpaired) electrons. The van der Waals surface area contributed by atoms with Crippen molar-refractivity contribution in [1.29, 1.82) is 0 Å². The van der Waals surface area contributed by atoms with Crippen molar-refractivity contribution in [3.8, 4) is 0 Å². The van der Waals surface area contributed by atoms with Gasteiger partial charge in [0.2, 0.25) is 5.91 Å². The van der Waals surface area contributed by atoms with E-state index in [0.717, 1.165) is 32.4 Å². The summed E-state index contributed by atoms with van der Waals surface area (Å²) in [6.45, 7) is 12.1. The number of amides is 1. The molecule has 0 unspecified atom stereocenters. The van der Waals surface area contributed by atoms with Crippen LogP contribution in [0.3, 0.4) is 0 Å². The molecule has 0 aliphatic heterocycles. The Kier molecular flexibility index (Phi) is 9.35. The number of allylic oxidation sites excluding steroid dienone is 3. The normalized spacial score (nSPS) is 11.3. The van der Waals surface area contributed by atoms with Crippen LogP contribution in [0.15, 0.2) is 23.3 Å². The van der Waals surface area contributed by atoms with Crippen LogP contribution < -0.4 is 0 Å². The molecule has 104 valence electrons. The summed E-state index contributed by atoms with van der Waals surface area (Å²) in [6, 6.07) is 0. The highest BCUT2D eigenvalue weighted by atomic mass is 16.2. The van der Waals surface area contributed by atoms with Gasteiger partial charge in [0.15, 0.2) is 0 Å². The van der Waals surface area contributed by atoms with Gasteiger partial charge in [-0.2, -0.15) is 0 Å². The van der Waals surface area contributed by atoms with Crippen LogP contribution in [0.4, 0.5) is 0 Å². The van der Waals surface area contributed by atoms with E-state index < -0.39 is 0 Å². The van der Waals surface area contributed by atoms with Crippen molar-refractivity contribution in [2.45, 2.75) is 60.3 Å². The lowest BCUT2D eigenvalue weighted by Crippen LogP contribution is -2.30. The molecule has 0 aliphatic carbocycles. The van der Waals surface area contributed by atoms with Crippen molar-refractivity contribution in [2.75, 3.05) is 13.1 Å². The van der Waals surface area contributed by atoms with E-state index in [0.29, 0.717) is 6.42 Å². The van der Waals surface area contributed by atoms with Crippen LogP contribution in [0.25, 0.3) is 0 Å². The number of hydrogen-bond acceptors (Lipinski definition) is 1. The van der Waals surface area contributed by atoms with Crippen molar-refractivity contribution >= 4 is 5.91 Å². The quantitative estimate of drug-likeness (QED) is 0.588. The molecule has 0 atom stereocenters. The van der Waals surface area contributed by atoms with Gasteiger partial charge >= 0.3 is 0 Å². The zero-order valence-electron chi connectivity index (χ0n) is 12.8. The minimum absolute atomic E-state index is 0.272. The molecule has 18 heavy (non-hydrogen) atoms. The second-order valence-corrected chi connectivity index (χ2v) is 5.05. The first-order chi connectivity index (χ1) is 8.51. The molecule has 2 heteroatoms. The maximum absolute atomic E-state index is 11.8. The van der Waals surface area contributed by atoms with Crippen LogP contribution in [0.2, 0.25) is 0 Å². The highest BCUT2D eigenvalue weighted by Gasteiger charge is 2.08. The van der Waals surface area contributed by atoms with E-state index in [9.17, 15) is 4.79 Å². The van der Waals surface area contributed by atoms with E-state index >= 15 is 0 Å². The lowest BCUT2D eigenvalue weighted by atomic mass is 10.1. The molecule has 0 aromatic heterocycles. The number of hydrogen-bond donors (Lipinski definition) is 0. The zero-order chi connectivity index (χ0) is 14.0. The van der Waals surface area contributed by atoms with Gasteiger partial charge in [-0.05, 0) is 47.0 Å². The molecule has 0 saturated heterocycles. The van der Waals surface area contributed by atoms with Gasteiger partial charge in [-0.25, -0.2) is 0 Å². The largest absolute Gasteiger partial charge is 0.339 e. The van der Waals surface area contributed by atoms with Gasteiger partial charge in [-0.1, -0.05) is 30.2 Å². The van der Waals surface area contributed by atoms with Crippen LogP contribution in [0.1, 0.15) is 60.3 Å². The van der Waals surface area contributed by atoms with Crippen molar-refractivity contribution in [2.24, 2.45) is 0 Å². The van der Waals surface area contributed by atoms with E-state index in [1.54, 1.807) is 0 Å². The molecular weight excluding hydrogens is 222 g/mol.